The van der Waals surface area contributed by atoms with Crippen molar-refractivity contribution in [1.29, 1.82) is 0 Å². The molecule has 0 radical (unpaired) electrons. The average Bonchev–Trinajstić information content (AvgIpc) is 2.43. The maximum absolute atomic E-state index is 13.1. The largest absolute Gasteiger partial charge is 0.342 e. The van der Waals surface area contributed by atoms with E-state index < -0.39 is 11.6 Å². The Balaban J connectivity index is 2.37. The lowest BCUT2D eigenvalue weighted by Crippen LogP contribution is -2.73. The summed E-state index contributed by atoms with van der Waals surface area (Å²) in [6.07, 6.45) is 6.30. The van der Waals surface area contributed by atoms with Crippen LogP contribution in [0.15, 0.2) is 0 Å². The summed E-state index contributed by atoms with van der Waals surface area (Å²) in [5, 5.41) is 2.99. The molecule has 0 bridgehead atoms. The van der Waals surface area contributed by atoms with Gasteiger partial charge in [0.05, 0.1) is 0 Å². The SMILES string of the molecule is CCC1(C)C(=O)NC(C(C)(C)C)C(=O)N1C1CCCCC1. The van der Waals surface area contributed by atoms with Crippen LogP contribution in [0.3, 0.4) is 0 Å². The zero-order valence-electron chi connectivity index (χ0n) is 14.2. The first kappa shape index (κ1) is 16.3. The maximum atomic E-state index is 13.1. The van der Waals surface area contributed by atoms with Gasteiger partial charge in [-0.25, -0.2) is 0 Å². The smallest absolute Gasteiger partial charge is 0.246 e. The first-order valence-electron chi connectivity index (χ1n) is 8.36. The second-order valence-electron chi connectivity index (χ2n) is 7.90. The quantitative estimate of drug-likeness (QED) is 0.851. The number of piperazine rings is 1. The minimum Gasteiger partial charge on any atom is -0.342 e. The minimum atomic E-state index is -0.694. The predicted octanol–water partition coefficient (Wildman–Crippen LogP) is 2.86. The Morgan fingerprint density at radius 2 is 1.76 bits per heavy atom. The summed E-state index contributed by atoms with van der Waals surface area (Å²) < 4.78 is 0. The van der Waals surface area contributed by atoms with Crippen molar-refractivity contribution in [1.82, 2.24) is 10.2 Å². The molecule has 1 aliphatic carbocycles. The van der Waals surface area contributed by atoms with Crippen molar-refractivity contribution in [2.24, 2.45) is 5.41 Å². The summed E-state index contributed by atoms with van der Waals surface area (Å²) >= 11 is 0. The van der Waals surface area contributed by atoms with Crippen molar-refractivity contribution in [3.05, 3.63) is 0 Å². The van der Waals surface area contributed by atoms with Gasteiger partial charge < -0.3 is 10.2 Å². The molecular formula is C17H30N2O2. The highest BCUT2D eigenvalue weighted by Gasteiger charge is 2.53. The third kappa shape index (κ3) is 2.82. The topological polar surface area (TPSA) is 49.4 Å². The monoisotopic (exact) mass is 294 g/mol. The average molecular weight is 294 g/mol. The molecule has 4 nitrogen and oxygen atoms in total. The molecule has 0 spiro atoms. The molecule has 4 heteroatoms. The summed E-state index contributed by atoms with van der Waals surface area (Å²) in [5.74, 6) is 0.119. The highest BCUT2D eigenvalue weighted by Crippen LogP contribution is 2.36. The Morgan fingerprint density at radius 1 is 1.19 bits per heavy atom. The van der Waals surface area contributed by atoms with Crippen molar-refractivity contribution in [3.63, 3.8) is 0 Å². The van der Waals surface area contributed by atoms with E-state index in [9.17, 15) is 9.59 Å². The van der Waals surface area contributed by atoms with E-state index in [1.54, 1.807) is 0 Å². The number of nitrogens with one attached hydrogen (secondary N) is 1. The first-order chi connectivity index (χ1) is 9.71. The van der Waals surface area contributed by atoms with E-state index in [4.69, 9.17) is 0 Å². The van der Waals surface area contributed by atoms with Crippen molar-refractivity contribution in [3.8, 4) is 0 Å². The van der Waals surface area contributed by atoms with Gasteiger partial charge in [-0.1, -0.05) is 47.0 Å². The highest BCUT2D eigenvalue weighted by molar-refractivity contribution is 6.00. The van der Waals surface area contributed by atoms with Gasteiger partial charge >= 0.3 is 0 Å². The van der Waals surface area contributed by atoms with Crippen LogP contribution in [-0.2, 0) is 9.59 Å². The first-order valence-corrected chi connectivity index (χ1v) is 8.36. The van der Waals surface area contributed by atoms with E-state index in [0.29, 0.717) is 6.42 Å². The van der Waals surface area contributed by atoms with E-state index in [-0.39, 0.29) is 23.3 Å². The Kier molecular flexibility index (Phi) is 4.36. The van der Waals surface area contributed by atoms with E-state index in [1.807, 2.05) is 39.5 Å². The molecule has 1 saturated carbocycles. The lowest BCUT2D eigenvalue weighted by atomic mass is 9.78. The van der Waals surface area contributed by atoms with Gasteiger partial charge in [0.25, 0.3) is 0 Å². The van der Waals surface area contributed by atoms with Crippen LogP contribution in [0, 0.1) is 5.41 Å². The van der Waals surface area contributed by atoms with Gasteiger partial charge in [-0.3, -0.25) is 9.59 Å². The van der Waals surface area contributed by atoms with Gasteiger partial charge in [0.15, 0.2) is 0 Å². The molecule has 0 aromatic heterocycles. The van der Waals surface area contributed by atoms with Gasteiger partial charge in [-0.2, -0.15) is 0 Å². The predicted molar refractivity (Wildman–Crippen MR) is 83.8 cm³/mol. The molecule has 2 amide bonds. The molecule has 2 rings (SSSR count). The normalized spacial score (nSPS) is 32.2. The number of hydrogen-bond donors (Lipinski definition) is 1. The van der Waals surface area contributed by atoms with Gasteiger partial charge in [-0.15, -0.1) is 0 Å². The molecule has 0 aromatic carbocycles. The van der Waals surface area contributed by atoms with Crippen LogP contribution in [0.2, 0.25) is 0 Å². The van der Waals surface area contributed by atoms with Crippen molar-refractivity contribution >= 4 is 11.8 Å². The highest BCUT2D eigenvalue weighted by atomic mass is 16.2. The molecular weight excluding hydrogens is 264 g/mol. The van der Waals surface area contributed by atoms with Gasteiger partial charge in [0, 0.05) is 6.04 Å². The van der Waals surface area contributed by atoms with Crippen LogP contribution >= 0.6 is 0 Å². The van der Waals surface area contributed by atoms with E-state index in [0.717, 1.165) is 25.7 Å². The Labute approximate surface area is 128 Å². The molecule has 1 N–H and O–H groups in total. The van der Waals surface area contributed by atoms with E-state index >= 15 is 0 Å². The standard InChI is InChI=1S/C17H30N2O2/c1-6-17(5)15(21)18-13(16(2,3)4)14(20)19(17)12-10-8-7-9-11-12/h12-13H,6-11H2,1-5H3,(H,18,21). The molecule has 21 heavy (non-hydrogen) atoms. The third-order valence-corrected chi connectivity index (χ3v) is 5.27. The molecule has 2 fully saturated rings. The van der Waals surface area contributed by atoms with Crippen LogP contribution in [-0.4, -0.2) is 34.3 Å². The number of amides is 2. The lowest BCUT2D eigenvalue weighted by molar-refractivity contribution is -0.164. The fourth-order valence-electron chi connectivity index (χ4n) is 3.68. The number of nitrogens with zero attached hydrogens (tertiary/aromatic N) is 1. The van der Waals surface area contributed by atoms with Crippen LogP contribution in [0.4, 0.5) is 0 Å². The zero-order chi connectivity index (χ0) is 15.8. The van der Waals surface area contributed by atoms with Gasteiger partial charge in [0.2, 0.25) is 11.8 Å². The number of carbonyl (C=O) groups is 2. The van der Waals surface area contributed by atoms with Crippen molar-refractivity contribution in [2.75, 3.05) is 0 Å². The van der Waals surface area contributed by atoms with Crippen LogP contribution in [0.25, 0.3) is 0 Å². The third-order valence-electron chi connectivity index (χ3n) is 5.27. The molecule has 1 aliphatic heterocycles. The van der Waals surface area contributed by atoms with Crippen LogP contribution in [0.1, 0.15) is 73.1 Å². The van der Waals surface area contributed by atoms with Crippen LogP contribution in [0.5, 0.6) is 0 Å². The fourth-order valence-corrected chi connectivity index (χ4v) is 3.68. The van der Waals surface area contributed by atoms with Crippen molar-refractivity contribution in [2.45, 2.75) is 90.8 Å². The van der Waals surface area contributed by atoms with Gasteiger partial charge in [0.1, 0.15) is 11.6 Å². The summed E-state index contributed by atoms with van der Waals surface area (Å²) in [5.41, 5.74) is -0.949. The summed E-state index contributed by atoms with van der Waals surface area (Å²) in [6, 6.07) is -0.182. The maximum Gasteiger partial charge on any atom is 0.246 e. The Morgan fingerprint density at radius 3 is 2.24 bits per heavy atom. The summed E-state index contributed by atoms with van der Waals surface area (Å²) in [4.78, 5) is 27.7. The second-order valence-corrected chi connectivity index (χ2v) is 7.90. The van der Waals surface area contributed by atoms with Crippen molar-refractivity contribution < 1.29 is 9.59 Å². The molecule has 1 heterocycles. The molecule has 120 valence electrons. The molecule has 2 unspecified atom stereocenters. The number of carbonyl (C=O) groups excluding carboxylic acids is 2. The zero-order valence-corrected chi connectivity index (χ0v) is 14.2. The fraction of sp³-hybridized carbons (Fsp3) is 0.882. The number of rotatable bonds is 2. The molecule has 1 saturated heterocycles. The Hall–Kier alpha value is -1.06. The number of hydrogen-bond acceptors (Lipinski definition) is 2. The molecule has 0 aromatic rings. The molecule has 2 aliphatic rings. The molecule has 2 atom stereocenters. The van der Waals surface area contributed by atoms with Crippen LogP contribution < -0.4 is 5.32 Å². The Bertz CT molecular complexity index is 421. The summed E-state index contributed by atoms with van der Waals surface area (Å²) in [6.45, 7) is 9.98. The van der Waals surface area contributed by atoms with E-state index in [1.165, 1.54) is 6.42 Å². The summed E-state index contributed by atoms with van der Waals surface area (Å²) in [7, 11) is 0. The van der Waals surface area contributed by atoms with Gasteiger partial charge in [-0.05, 0) is 31.6 Å². The minimum absolute atomic E-state index is 0.00935. The second kappa shape index (κ2) is 5.62. The lowest BCUT2D eigenvalue weighted by Gasteiger charge is -2.52. The van der Waals surface area contributed by atoms with E-state index in [2.05, 4.69) is 5.32 Å².